The molecular formula is C10H8FN. The van der Waals surface area contributed by atoms with Gasteiger partial charge >= 0.3 is 0 Å². The summed E-state index contributed by atoms with van der Waals surface area (Å²) < 4.78 is 13.0. The molecule has 2 rings (SSSR count). The van der Waals surface area contributed by atoms with E-state index in [4.69, 9.17) is 0 Å². The van der Waals surface area contributed by atoms with Crippen LogP contribution in [0.3, 0.4) is 0 Å². The molecule has 0 atom stereocenters. The normalized spacial score (nSPS) is 10.5. The highest BCUT2D eigenvalue weighted by Gasteiger charge is 2.01. The van der Waals surface area contributed by atoms with E-state index in [-0.39, 0.29) is 5.82 Å². The van der Waals surface area contributed by atoms with Gasteiger partial charge in [0.05, 0.1) is 11.7 Å². The summed E-state index contributed by atoms with van der Waals surface area (Å²) >= 11 is 0. The minimum atomic E-state index is -0.242. The third kappa shape index (κ3) is 0.961. The number of aryl methyl sites for hydroxylation is 1. The second-order valence-electron chi connectivity index (χ2n) is 2.75. The molecule has 0 saturated carbocycles. The smallest absolute Gasteiger partial charge is 0.145 e. The molecule has 2 heteroatoms. The lowest BCUT2D eigenvalue weighted by atomic mass is 10.1. The fourth-order valence-corrected chi connectivity index (χ4v) is 1.26. The van der Waals surface area contributed by atoms with Crippen molar-refractivity contribution in [2.75, 3.05) is 0 Å². The molecule has 1 aromatic carbocycles. The fraction of sp³-hybridized carbons (Fsp3) is 0.100. The van der Waals surface area contributed by atoms with Gasteiger partial charge in [-0.2, -0.15) is 0 Å². The highest BCUT2D eigenvalue weighted by molar-refractivity contribution is 5.81. The van der Waals surface area contributed by atoms with Gasteiger partial charge in [-0.3, -0.25) is 4.98 Å². The topological polar surface area (TPSA) is 12.9 Å². The number of hydrogen-bond acceptors (Lipinski definition) is 1. The molecule has 0 radical (unpaired) electrons. The van der Waals surface area contributed by atoms with E-state index < -0.39 is 0 Å². The number of benzene rings is 1. The van der Waals surface area contributed by atoms with Crippen molar-refractivity contribution in [3.8, 4) is 0 Å². The number of nitrogens with zero attached hydrogens (tertiary/aromatic N) is 1. The molecule has 1 heterocycles. The lowest BCUT2D eigenvalue weighted by Crippen LogP contribution is -1.87. The van der Waals surface area contributed by atoms with Gasteiger partial charge in [-0.15, -0.1) is 0 Å². The van der Waals surface area contributed by atoms with Crippen LogP contribution in [0.4, 0.5) is 4.39 Å². The van der Waals surface area contributed by atoms with Gasteiger partial charge in [-0.05, 0) is 18.6 Å². The number of aromatic nitrogens is 1. The molecule has 12 heavy (non-hydrogen) atoms. The Morgan fingerprint density at radius 3 is 2.83 bits per heavy atom. The van der Waals surface area contributed by atoms with Crippen LogP contribution < -0.4 is 0 Å². The Hall–Kier alpha value is -1.44. The largest absolute Gasteiger partial charge is 0.253 e. The van der Waals surface area contributed by atoms with Crippen LogP contribution in [0.15, 0.2) is 30.5 Å². The zero-order valence-corrected chi connectivity index (χ0v) is 6.71. The van der Waals surface area contributed by atoms with Crippen molar-refractivity contribution in [2.24, 2.45) is 0 Å². The Morgan fingerprint density at radius 2 is 2.00 bits per heavy atom. The average molecular weight is 161 g/mol. The molecule has 0 N–H and O–H groups in total. The zero-order chi connectivity index (χ0) is 8.55. The number of para-hydroxylation sites is 1. The third-order valence-corrected chi connectivity index (χ3v) is 1.98. The van der Waals surface area contributed by atoms with Crippen LogP contribution in [0.2, 0.25) is 0 Å². The minimum Gasteiger partial charge on any atom is -0.253 e. The number of halogens is 1. The molecule has 0 aliphatic rings. The van der Waals surface area contributed by atoms with Crippen LogP contribution in [0.25, 0.3) is 10.9 Å². The molecule has 0 saturated heterocycles. The highest BCUT2D eigenvalue weighted by atomic mass is 19.1. The van der Waals surface area contributed by atoms with E-state index in [0.717, 1.165) is 10.9 Å². The number of hydrogen-bond donors (Lipinski definition) is 0. The minimum absolute atomic E-state index is 0.242. The predicted molar refractivity (Wildman–Crippen MR) is 46.4 cm³/mol. The molecule has 2 aromatic rings. The van der Waals surface area contributed by atoms with Gasteiger partial charge in [0.2, 0.25) is 0 Å². The lowest BCUT2D eigenvalue weighted by Gasteiger charge is -2.00. The van der Waals surface area contributed by atoms with Crippen LogP contribution in [0.1, 0.15) is 5.56 Å². The summed E-state index contributed by atoms with van der Waals surface area (Å²) in [5, 5.41) is 0.887. The molecule has 1 aromatic heterocycles. The SMILES string of the molecule is Cc1c(F)cnc2ccccc12. The Bertz CT molecular complexity index is 423. The van der Waals surface area contributed by atoms with Crippen LogP contribution >= 0.6 is 0 Å². The molecule has 60 valence electrons. The van der Waals surface area contributed by atoms with Crippen molar-refractivity contribution < 1.29 is 4.39 Å². The standard InChI is InChI=1S/C10H8FN/c1-7-8-4-2-3-5-10(8)12-6-9(7)11/h2-6H,1H3. The van der Waals surface area contributed by atoms with Crippen LogP contribution in [0.5, 0.6) is 0 Å². The summed E-state index contributed by atoms with van der Waals surface area (Å²) in [4.78, 5) is 3.97. The van der Waals surface area contributed by atoms with Gasteiger partial charge in [0.1, 0.15) is 5.82 Å². The number of pyridine rings is 1. The van der Waals surface area contributed by atoms with E-state index in [1.54, 1.807) is 6.92 Å². The van der Waals surface area contributed by atoms with Gasteiger partial charge in [0.25, 0.3) is 0 Å². The Labute approximate surface area is 69.9 Å². The summed E-state index contributed by atoms with van der Waals surface area (Å²) in [5.74, 6) is -0.242. The Kier molecular flexibility index (Phi) is 1.54. The van der Waals surface area contributed by atoms with E-state index in [1.165, 1.54) is 6.20 Å². The molecule has 0 aliphatic heterocycles. The average Bonchev–Trinajstić information content (AvgIpc) is 2.12. The van der Waals surface area contributed by atoms with E-state index in [2.05, 4.69) is 4.98 Å². The number of fused-ring (bicyclic) bond motifs is 1. The van der Waals surface area contributed by atoms with E-state index in [9.17, 15) is 4.39 Å². The van der Waals surface area contributed by atoms with E-state index >= 15 is 0 Å². The molecular weight excluding hydrogens is 153 g/mol. The zero-order valence-electron chi connectivity index (χ0n) is 6.71. The first-order chi connectivity index (χ1) is 5.79. The molecule has 0 bridgehead atoms. The van der Waals surface area contributed by atoms with Crippen LogP contribution in [-0.2, 0) is 0 Å². The third-order valence-electron chi connectivity index (χ3n) is 1.98. The van der Waals surface area contributed by atoms with Crippen molar-refractivity contribution in [3.63, 3.8) is 0 Å². The predicted octanol–water partition coefficient (Wildman–Crippen LogP) is 2.68. The second-order valence-corrected chi connectivity index (χ2v) is 2.75. The van der Waals surface area contributed by atoms with Gasteiger partial charge in [-0.1, -0.05) is 18.2 Å². The highest BCUT2D eigenvalue weighted by Crippen LogP contribution is 2.17. The van der Waals surface area contributed by atoms with Gasteiger partial charge < -0.3 is 0 Å². The first-order valence-corrected chi connectivity index (χ1v) is 3.79. The first-order valence-electron chi connectivity index (χ1n) is 3.79. The van der Waals surface area contributed by atoms with Crippen LogP contribution in [-0.4, -0.2) is 4.98 Å². The molecule has 0 unspecified atom stereocenters. The molecule has 0 spiro atoms. The first kappa shape index (κ1) is 7.22. The Morgan fingerprint density at radius 1 is 1.25 bits per heavy atom. The summed E-state index contributed by atoms with van der Waals surface area (Å²) in [6, 6.07) is 7.53. The van der Waals surface area contributed by atoms with E-state index in [1.807, 2.05) is 24.3 Å². The fourth-order valence-electron chi connectivity index (χ4n) is 1.26. The molecule has 0 fully saturated rings. The summed E-state index contributed by atoms with van der Waals surface area (Å²) in [6.07, 6.45) is 1.26. The maximum absolute atomic E-state index is 13.0. The summed E-state index contributed by atoms with van der Waals surface area (Å²) in [7, 11) is 0. The second kappa shape index (κ2) is 2.55. The summed E-state index contributed by atoms with van der Waals surface area (Å²) in [6.45, 7) is 1.76. The van der Waals surface area contributed by atoms with Gasteiger partial charge in [0.15, 0.2) is 0 Å². The quantitative estimate of drug-likeness (QED) is 0.578. The van der Waals surface area contributed by atoms with Crippen molar-refractivity contribution in [1.82, 2.24) is 4.98 Å². The van der Waals surface area contributed by atoms with Crippen molar-refractivity contribution >= 4 is 10.9 Å². The lowest BCUT2D eigenvalue weighted by molar-refractivity contribution is 0.615. The van der Waals surface area contributed by atoms with Crippen LogP contribution in [0, 0.1) is 12.7 Å². The Balaban J connectivity index is 2.91. The summed E-state index contributed by atoms with van der Waals surface area (Å²) in [5.41, 5.74) is 1.51. The maximum atomic E-state index is 13.0. The van der Waals surface area contributed by atoms with Crippen molar-refractivity contribution in [2.45, 2.75) is 6.92 Å². The molecule has 1 nitrogen and oxygen atoms in total. The van der Waals surface area contributed by atoms with Crippen molar-refractivity contribution in [1.29, 1.82) is 0 Å². The monoisotopic (exact) mass is 161 g/mol. The van der Waals surface area contributed by atoms with Crippen molar-refractivity contribution in [3.05, 3.63) is 41.8 Å². The number of rotatable bonds is 0. The molecule has 0 aliphatic carbocycles. The van der Waals surface area contributed by atoms with Gasteiger partial charge in [0, 0.05) is 5.39 Å². The van der Waals surface area contributed by atoms with Gasteiger partial charge in [-0.25, -0.2) is 4.39 Å². The molecule has 0 amide bonds. The van der Waals surface area contributed by atoms with E-state index in [0.29, 0.717) is 5.56 Å². The maximum Gasteiger partial charge on any atom is 0.145 e.